The molecule has 0 radical (unpaired) electrons. The molecule has 1 amide bonds. The summed E-state index contributed by atoms with van der Waals surface area (Å²) >= 11 is 0. The van der Waals surface area contributed by atoms with Gasteiger partial charge in [0.1, 0.15) is 0 Å². The van der Waals surface area contributed by atoms with Crippen LogP contribution in [-0.4, -0.2) is 41.9 Å². The number of hydrogen-bond acceptors (Lipinski definition) is 4. The molecule has 2 heterocycles. The molecule has 128 valence electrons. The van der Waals surface area contributed by atoms with Crippen molar-refractivity contribution in [2.24, 2.45) is 0 Å². The Kier molecular flexibility index (Phi) is 5.43. The number of aromatic amines is 1. The highest BCUT2D eigenvalue weighted by Gasteiger charge is 2.26. The Morgan fingerprint density at radius 1 is 1.33 bits per heavy atom. The molecule has 0 saturated carbocycles. The molecular formula is C17H22N3O4+. The van der Waals surface area contributed by atoms with Crippen LogP contribution in [0.4, 0.5) is 0 Å². The lowest BCUT2D eigenvalue weighted by Crippen LogP contribution is -2.51. The molecule has 1 fully saturated rings. The Hall–Kier alpha value is -2.41. The Morgan fingerprint density at radius 2 is 2.17 bits per heavy atom. The van der Waals surface area contributed by atoms with Crippen LogP contribution < -0.4 is 10.3 Å². The van der Waals surface area contributed by atoms with Gasteiger partial charge in [0.15, 0.2) is 0 Å². The summed E-state index contributed by atoms with van der Waals surface area (Å²) in [5.74, 6) is -0.0478. The third-order valence-electron chi connectivity index (χ3n) is 4.16. The smallest absolute Gasteiger partial charge is 0.375 e. The number of aryl methyl sites for hydroxylation is 1. The molecule has 0 aliphatic carbocycles. The number of nitrogens with zero attached hydrogens (tertiary/aromatic N) is 2. The van der Waals surface area contributed by atoms with Gasteiger partial charge >= 0.3 is 5.63 Å². The third-order valence-corrected chi connectivity index (χ3v) is 4.16. The molecular weight excluding hydrogens is 310 g/mol. The molecule has 0 bridgehead atoms. The van der Waals surface area contributed by atoms with Crippen LogP contribution in [0.25, 0.3) is 0 Å². The van der Waals surface area contributed by atoms with Gasteiger partial charge in [0.2, 0.25) is 0 Å². The number of rotatable bonds is 6. The molecule has 1 saturated heterocycles. The summed E-state index contributed by atoms with van der Waals surface area (Å²) in [6.07, 6.45) is 4.27. The Bertz CT molecular complexity index is 710. The van der Waals surface area contributed by atoms with E-state index in [2.05, 4.69) is 21.9 Å². The van der Waals surface area contributed by atoms with Crippen molar-refractivity contribution in [2.75, 3.05) is 19.7 Å². The van der Waals surface area contributed by atoms with Gasteiger partial charge in [-0.3, -0.25) is 9.32 Å². The largest absolute Gasteiger partial charge is 0.426 e. The van der Waals surface area contributed by atoms with Crippen LogP contribution in [0.15, 0.2) is 45.8 Å². The minimum atomic E-state index is -0.497. The van der Waals surface area contributed by atoms with Gasteiger partial charge in [-0.2, -0.15) is 0 Å². The van der Waals surface area contributed by atoms with Gasteiger partial charge in [0.25, 0.3) is 18.6 Å². The van der Waals surface area contributed by atoms with Gasteiger partial charge in [-0.15, -0.1) is 0 Å². The number of carbonyl (C=O) groups excluding carboxylic acids is 1. The van der Waals surface area contributed by atoms with Crippen molar-refractivity contribution in [3.8, 4) is 0 Å². The summed E-state index contributed by atoms with van der Waals surface area (Å²) in [4.78, 5) is 25.1. The number of carbonyl (C=O) groups is 1. The van der Waals surface area contributed by atoms with Crippen LogP contribution >= 0.6 is 0 Å². The summed E-state index contributed by atoms with van der Waals surface area (Å²) in [6.45, 7) is 1.80. The fourth-order valence-electron chi connectivity index (χ4n) is 2.91. The molecule has 1 unspecified atom stereocenters. The molecule has 2 aromatic rings. The summed E-state index contributed by atoms with van der Waals surface area (Å²) in [5.41, 5.74) is 0.824. The monoisotopic (exact) mass is 332 g/mol. The highest BCUT2D eigenvalue weighted by atomic mass is 16.5. The molecule has 24 heavy (non-hydrogen) atoms. The second-order valence-electron chi connectivity index (χ2n) is 5.98. The maximum absolute atomic E-state index is 12.3. The molecule has 0 spiro atoms. The molecule has 1 atom stereocenters. The van der Waals surface area contributed by atoms with Crippen molar-refractivity contribution in [1.29, 1.82) is 0 Å². The molecule has 7 nitrogen and oxygen atoms in total. The number of H-pyrrole nitrogens is 1. The van der Waals surface area contributed by atoms with Crippen LogP contribution in [0, 0.1) is 0 Å². The average molecular weight is 332 g/mol. The summed E-state index contributed by atoms with van der Waals surface area (Å²) in [6, 6.07) is 10.4. The predicted molar refractivity (Wildman–Crippen MR) is 85.2 cm³/mol. The van der Waals surface area contributed by atoms with Crippen LogP contribution in [0.1, 0.15) is 18.4 Å². The lowest BCUT2D eigenvalue weighted by atomic mass is 10.1. The first kappa shape index (κ1) is 16.4. The number of amides is 1. The SMILES string of the molecule is O=C(C[n+]1cc(=O)o[nH]1)N1CCOC(CCCc2ccccc2)C1. The molecule has 1 aliphatic heterocycles. The normalized spacial score (nSPS) is 17.8. The van der Waals surface area contributed by atoms with Gasteiger partial charge in [0, 0.05) is 13.1 Å². The Labute approximate surface area is 139 Å². The fraction of sp³-hybridized carbons (Fsp3) is 0.471. The molecule has 1 aromatic carbocycles. The van der Waals surface area contributed by atoms with Gasteiger partial charge in [-0.25, -0.2) is 4.79 Å². The fourth-order valence-corrected chi connectivity index (χ4v) is 2.91. The Morgan fingerprint density at radius 3 is 2.92 bits per heavy atom. The molecule has 3 rings (SSSR count). The quantitative estimate of drug-likeness (QED) is 0.782. The molecule has 1 aliphatic rings. The van der Waals surface area contributed by atoms with E-state index >= 15 is 0 Å². The zero-order chi connectivity index (χ0) is 16.8. The van der Waals surface area contributed by atoms with Gasteiger partial charge in [0.05, 0.1) is 12.7 Å². The van der Waals surface area contributed by atoms with Crippen molar-refractivity contribution in [3.63, 3.8) is 0 Å². The highest BCUT2D eigenvalue weighted by molar-refractivity contribution is 5.74. The lowest BCUT2D eigenvalue weighted by molar-refractivity contribution is -0.751. The number of morpholine rings is 1. The van der Waals surface area contributed by atoms with Crippen molar-refractivity contribution in [2.45, 2.75) is 31.9 Å². The summed E-state index contributed by atoms with van der Waals surface area (Å²) in [5, 5.41) is 2.39. The van der Waals surface area contributed by atoms with Crippen LogP contribution in [0.3, 0.4) is 0 Å². The van der Waals surface area contributed by atoms with E-state index in [1.54, 1.807) is 4.90 Å². The van der Waals surface area contributed by atoms with E-state index in [-0.39, 0.29) is 18.6 Å². The summed E-state index contributed by atoms with van der Waals surface area (Å²) < 4.78 is 11.7. The number of nitrogens with one attached hydrogen (secondary N) is 1. The zero-order valence-corrected chi connectivity index (χ0v) is 13.5. The second kappa shape index (κ2) is 7.92. The van der Waals surface area contributed by atoms with E-state index in [0.717, 1.165) is 19.3 Å². The van der Waals surface area contributed by atoms with E-state index in [9.17, 15) is 9.59 Å². The van der Waals surface area contributed by atoms with E-state index in [1.807, 2.05) is 18.2 Å². The van der Waals surface area contributed by atoms with E-state index in [1.165, 1.54) is 16.4 Å². The summed E-state index contributed by atoms with van der Waals surface area (Å²) in [7, 11) is 0. The zero-order valence-electron chi connectivity index (χ0n) is 13.5. The van der Waals surface area contributed by atoms with Crippen molar-refractivity contribution in [3.05, 3.63) is 52.5 Å². The lowest BCUT2D eigenvalue weighted by Gasteiger charge is -2.32. The van der Waals surface area contributed by atoms with Gasteiger partial charge in [-0.1, -0.05) is 35.0 Å². The third kappa shape index (κ3) is 4.55. The minimum Gasteiger partial charge on any atom is -0.375 e. The Balaban J connectivity index is 1.45. The van der Waals surface area contributed by atoms with E-state index < -0.39 is 5.63 Å². The first-order valence-corrected chi connectivity index (χ1v) is 8.22. The number of aromatic nitrogens is 2. The minimum absolute atomic E-state index is 0.0478. The predicted octanol–water partition coefficient (Wildman–Crippen LogP) is 0.506. The van der Waals surface area contributed by atoms with Gasteiger partial charge in [-0.05, 0) is 30.1 Å². The number of ether oxygens (including phenoxy) is 1. The second-order valence-corrected chi connectivity index (χ2v) is 5.98. The van der Waals surface area contributed by atoms with Gasteiger partial charge < -0.3 is 9.64 Å². The number of benzene rings is 1. The maximum atomic E-state index is 12.3. The van der Waals surface area contributed by atoms with E-state index in [4.69, 9.17) is 4.74 Å². The highest BCUT2D eigenvalue weighted by Crippen LogP contribution is 2.13. The number of hydrogen-bond donors (Lipinski definition) is 1. The topological polar surface area (TPSA) is 79.4 Å². The first-order valence-electron chi connectivity index (χ1n) is 8.22. The molecule has 1 aromatic heterocycles. The molecule has 1 N–H and O–H groups in total. The van der Waals surface area contributed by atoms with Crippen LogP contribution in [0.5, 0.6) is 0 Å². The first-order chi connectivity index (χ1) is 11.7. The standard InChI is InChI=1S/C17H21N3O4/c21-16(12-20-13-17(22)24-18-20)19-9-10-23-15(11-19)8-4-7-14-5-2-1-3-6-14/h1-3,5-6,13,15H,4,7-12H2/p+1. The van der Waals surface area contributed by atoms with Crippen LogP contribution in [0.2, 0.25) is 0 Å². The average Bonchev–Trinajstić information content (AvgIpc) is 3.01. The maximum Gasteiger partial charge on any atom is 0.426 e. The van der Waals surface area contributed by atoms with E-state index in [0.29, 0.717) is 19.7 Å². The van der Waals surface area contributed by atoms with Crippen molar-refractivity contribution < 1.29 is 18.7 Å². The van der Waals surface area contributed by atoms with Crippen LogP contribution in [-0.2, 0) is 22.5 Å². The van der Waals surface area contributed by atoms with Crippen molar-refractivity contribution >= 4 is 5.91 Å². The van der Waals surface area contributed by atoms with Crippen molar-refractivity contribution in [1.82, 2.24) is 10.2 Å². The molecule has 7 heteroatoms.